The zero-order valence-corrected chi connectivity index (χ0v) is 14.2. The van der Waals surface area contributed by atoms with Crippen LogP contribution in [0.25, 0.3) is 34.1 Å². The molecule has 0 N–H and O–H groups in total. The highest BCUT2D eigenvalue weighted by atomic mass is 14.3. The molecule has 0 aliphatic heterocycles. The largest absolute Gasteiger partial charge is 0.0616 e. The average molecular weight is 328 g/mol. The molecule has 0 fully saturated rings. The predicted molar refractivity (Wildman–Crippen MR) is 111 cm³/mol. The molecule has 6 rings (SSSR count). The van der Waals surface area contributed by atoms with Gasteiger partial charge in [0.25, 0.3) is 0 Å². The first-order chi connectivity index (χ1) is 12.9. The highest BCUT2D eigenvalue weighted by Gasteiger charge is 2.32. The summed E-state index contributed by atoms with van der Waals surface area (Å²) in [6.45, 7) is 0. The van der Waals surface area contributed by atoms with Crippen LogP contribution in [-0.4, -0.2) is 0 Å². The Kier molecular flexibility index (Phi) is 2.70. The molecule has 0 bridgehead atoms. The van der Waals surface area contributed by atoms with Crippen molar-refractivity contribution < 1.29 is 0 Å². The summed E-state index contributed by atoms with van der Waals surface area (Å²) in [4.78, 5) is 0. The van der Waals surface area contributed by atoms with E-state index in [9.17, 15) is 0 Å². The molecule has 4 aromatic carbocycles. The molecule has 0 heterocycles. The van der Waals surface area contributed by atoms with E-state index in [1.54, 1.807) is 0 Å². The number of rotatable bonds is 0. The lowest BCUT2D eigenvalue weighted by molar-refractivity contribution is 1.54. The van der Waals surface area contributed by atoms with Crippen LogP contribution in [0.1, 0.15) is 33.4 Å². The van der Waals surface area contributed by atoms with Gasteiger partial charge in [0.1, 0.15) is 0 Å². The summed E-state index contributed by atoms with van der Waals surface area (Å²) in [7, 11) is 0. The van der Waals surface area contributed by atoms with Crippen molar-refractivity contribution in [2.75, 3.05) is 0 Å². The topological polar surface area (TPSA) is 0 Å². The minimum absolute atomic E-state index is 1.29. The molecular weight excluding hydrogens is 312 g/mol. The van der Waals surface area contributed by atoms with E-state index in [2.05, 4.69) is 97.1 Å². The molecule has 0 atom stereocenters. The maximum absolute atomic E-state index is 2.34. The van der Waals surface area contributed by atoms with Gasteiger partial charge in [-0.15, -0.1) is 0 Å². The summed E-state index contributed by atoms with van der Waals surface area (Å²) in [5.74, 6) is 0. The molecule has 0 nitrogen and oxygen atoms in total. The third kappa shape index (κ3) is 1.90. The number of hydrogen-bond donors (Lipinski definition) is 0. The molecule has 2 aliphatic rings. The van der Waals surface area contributed by atoms with E-state index in [4.69, 9.17) is 0 Å². The Bertz CT molecular complexity index is 1170. The highest BCUT2D eigenvalue weighted by Crippen LogP contribution is 2.52. The van der Waals surface area contributed by atoms with Crippen LogP contribution in [0.2, 0.25) is 0 Å². The minimum atomic E-state index is 1.29. The smallest absolute Gasteiger partial charge is 0.00134 e. The standard InChI is InChI=1S/C26H16/c1-2-10-20-16-24-23(15-19(20)9-1)26(24)25-21-11-5-3-7-17(21)13-14-18-8-4-6-12-22(18)25/h1-16H. The van der Waals surface area contributed by atoms with E-state index >= 15 is 0 Å². The van der Waals surface area contributed by atoms with Crippen LogP contribution in [0.5, 0.6) is 0 Å². The molecule has 4 aromatic rings. The summed E-state index contributed by atoms with van der Waals surface area (Å²) in [5, 5.41) is 2.63. The second kappa shape index (κ2) is 5.06. The summed E-state index contributed by atoms with van der Waals surface area (Å²) in [6, 6.07) is 30.8. The Balaban J connectivity index is 1.70. The Hall–Kier alpha value is -3.38. The van der Waals surface area contributed by atoms with Gasteiger partial charge in [-0.1, -0.05) is 84.9 Å². The number of hydrogen-bond acceptors (Lipinski definition) is 0. The molecule has 26 heavy (non-hydrogen) atoms. The van der Waals surface area contributed by atoms with Gasteiger partial charge in [0.2, 0.25) is 0 Å². The summed E-state index contributed by atoms with van der Waals surface area (Å²) < 4.78 is 0. The van der Waals surface area contributed by atoms with Crippen molar-refractivity contribution in [3.8, 4) is 0 Å². The zero-order chi connectivity index (χ0) is 17.1. The van der Waals surface area contributed by atoms with Gasteiger partial charge in [-0.3, -0.25) is 0 Å². The maximum atomic E-state index is 2.34. The van der Waals surface area contributed by atoms with Crippen molar-refractivity contribution in [3.05, 3.63) is 118 Å². The van der Waals surface area contributed by atoms with Gasteiger partial charge in [-0.25, -0.2) is 0 Å². The summed E-state index contributed by atoms with van der Waals surface area (Å²) in [5.41, 5.74) is 10.8. The molecule has 0 unspecified atom stereocenters. The second-order valence-corrected chi connectivity index (χ2v) is 7.00. The van der Waals surface area contributed by atoms with E-state index in [0.29, 0.717) is 0 Å². The van der Waals surface area contributed by atoms with E-state index in [-0.39, 0.29) is 0 Å². The average Bonchev–Trinajstić information content (AvgIpc) is 3.41. The third-order valence-electron chi connectivity index (χ3n) is 5.51. The van der Waals surface area contributed by atoms with E-state index in [1.807, 2.05) is 0 Å². The lowest BCUT2D eigenvalue weighted by Crippen LogP contribution is -1.91. The summed E-state index contributed by atoms with van der Waals surface area (Å²) >= 11 is 0. The van der Waals surface area contributed by atoms with Gasteiger partial charge >= 0.3 is 0 Å². The van der Waals surface area contributed by atoms with Gasteiger partial charge in [0.15, 0.2) is 0 Å². The molecule has 0 saturated heterocycles. The van der Waals surface area contributed by atoms with Crippen molar-refractivity contribution in [1.82, 2.24) is 0 Å². The van der Waals surface area contributed by atoms with E-state index in [1.165, 1.54) is 55.3 Å². The van der Waals surface area contributed by atoms with Crippen LogP contribution < -0.4 is 0 Å². The van der Waals surface area contributed by atoms with E-state index in [0.717, 1.165) is 0 Å². The molecule has 0 aromatic heterocycles. The van der Waals surface area contributed by atoms with Crippen molar-refractivity contribution in [2.24, 2.45) is 0 Å². The quantitative estimate of drug-likeness (QED) is 0.293. The molecule has 0 amide bonds. The van der Waals surface area contributed by atoms with Gasteiger partial charge in [0.05, 0.1) is 0 Å². The lowest BCUT2D eigenvalue weighted by atomic mass is 9.92. The van der Waals surface area contributed by atoms with Crippen LogP contribution in [0.4, 0.5) is 0 Å². The van der Waals surface area contributed by atoms with Gasteiger partial charge < -0.3 is 0 Å². The van der Waals surface area contributed by atoms with Crippen molar-refractivity contribution >= 4 is 34.1 Å². The van der Waals surface area contributed by atoms with Gasteiger partial charge in [-0.2, -0.15) is 0 Å². The predicted octanol–water partition coefficient (Wildman–Crippen LogP) is 6.64. The van der Waals surface area contributed by atoms with Crippen LogP contribution in [0.15, 0.2) is 84.9 Å². The van der Waals surface area contributed by atoms with Crippen LogP contribution >= 0.6 is 0 Å². The van der Waals surface area contributed by atoms with Crippen molar-refractivity contribution in [2.45, 2.75) is 0 Å². The number of fused-ring (bicyclic) bond motifs is 4. The monoisotopic (exact) mass is 328 g/mol. The van der Waals surface area contributed by atoms with Crippen molar-refractivity contribution in [1.29, 1.82) is 0 Å². The molecule has 2 aliphatic carbocycles. The van der Waals surface area contributed by atoms with E-state index < -0.39 is 0 Å². The molecule has 0 saturated carbocycles. The van der Waals surface area contributed by atoms with Gasteiger partial charge in [-0.05, 0) is 67.4 Å². The third-order valence-corrected chi connectivity index (χ3v) is 5.51. The first-order valence-corrected chi connectivity index (χ1v) is 9.05. The maximum Gasteiger partial charge on any atom is -0.00134 e. The SMILES string of the molecule is C1=Cc2ccccc2C(=C2c3cc4ccccc4cc32)c2ccccc21. The Labute approximate surface area is 152 Å². The molecule has 120 valence electrons. The first-order valence-electron chi connectivity index (χ1n) is 9.05. The fourth-order valence-electron chi connectivity index (χ4n) is 4.21. The minimum Gasteiger partial charge on any atom is -0.0616 e. The van der Waals surface area contributed by atoms with Gasteiger partial charge in [0, 0.05) is 0 Å². The zero-order valence-electron chi connectivity index (χ0n) is 14.2. The first kappa shape index (κ1) is 13.9. The lowest BCUT2D eigenvalue weighted by Gasteiger charge is -2.11. The van der Waals surface area contributed by atoms with Crippen molar-refractivity contribution in [3.63, 3.8) is 0 Å². The fraction of sp³-hybridized carbons (Fsp3) is 0. The van der Waals surface area contributed by atoms with Crippen LogP contribution in [0, 0.1) is 0 Å². The Morgan fingerprint density at radius 1 is 0.385 bits per heavy atom. The Morgan fingerprint density at radius 2 is 0.808 bits per heavy atom. The fourth-order valence-corrected chi connectivity index (χ4v) is 4.21. The van der Waals surface area contributed by atoms with Crippen LogP contribution in [0.3, 0.4) is 0 Å². The van der Waals surface area contributed by atoms with Crippen LogP contribution in [-0.2, 0) is 0 Å². The highest BCUT2D eigenvalue weighted by molar-refractivity contribution is 6.20. The molecule has 0 spiro atoms. The molecule has 0 radical (unpaired) electrons. The molecular formula is C26H16. The second-order valence-electron chi connectivity index (χ2n) is 7.00. The molecule has 0 heteroatoms. The summed E-state index contributed by atoms with van der Waals surface area (Å²) in [6.07, 6.45) is 4.48. The number of benzene rings is 4. The Morgan fingerprint density at radius 3 is 1.35 bits per heavy atom. The normalized spacial score (nSPS) is 13.8.